The van der Waals surface area contributed by atoms with E-state index in [1.54, 1.807) is 0 Å². The summed E-state index contributed by atoms with van der Waals surface area (Å²) in [7, 11) is 1.97. The van der Waals surface area contributed by atoms with Crippen LogP contribution >= 0.6 is 15.9 Å². The van der Waals surface area contributed by atoms with Crippen molar-refractivity contribution in [1.82, 2.24) is 0 Å². The molecule has 0 atom stereocenters. The van der Waals surface area contributed by atoms with Crippen LogP contribution in [0.2, 0.25) is 0 Å². The van der Waals surface area contributed by atoms with Crippen molar-refractivity contribution < 1.29 is 5.11 Å². The van der Waals surface area contributed by atoms with Gasteiger partial charge in [0.1, 0.15) is 0 Å². The van der Waals surface area contributed by atoms with Crippen LogP contribution in [0.1, 0.15) is 13.8 Å². The normalized spacial score (nSPS) is 11.5. The summed E-state index contributed by atoms with van der Waals surface area (Å²) in [4.78, 5) is 2.03. The van der Waals surface area contributed by atoms with Crippen LogP contribution in [0.4, 0.5) is 5.69 Å². The van der Waals surface area contributed by atoms with E-state index in [9.17, 15) is 5.11 Å². The summed E-state index contributed by atoms with van der Waals surface area (Å²) in [6.07, 6.45) is 0. The third kappa shape index (κ3) is 3.68. The van der Waals surface area contributed by atoms with Crippen molar-refractivity contribution in [2.75, 3.05) is 18.5 Å². The van der Waals surface area contributed by atoms with Crippen LogP contribution in [-0.2, 0) is 0 Å². The number of aliphatic hydroxyl groups is 1. The molecule has 14 heavy (non-hydrogen) atoms. The zero-order valence-corrected chi connectivity index (χ0v) is 10.4. The van der Waals surface area contributed by atoms with Crippen LogP contribution in [0, 0.1) is 0 Å². The monoisotopic (exact) mass is 257 g/mol. The summed E-state index contributed by atoms with van der Waals surface area (Å²) in [5.41, 5.74) is 0.429. The smallest absolute Gasteiger partial charge is 0.0765 e. The second-order valence-electron chi connectivity index (χ2n) is 4.15. The Morgan fingerprint density at radius 2 is 2.07 bits per heavy atom. The molecule has 0 heterocycles. The molecule has 1 N–H and O–H groups in total. The summed E-state index contributed by atoms with van der Waals surface area (Å²) < 4.78 is 1.05. The predicted molar refractivity (Wildman–Crippen MR) is 63.7 cm³/mol. The Morgan fingerprint density at radius 1 is 1.43 bits per heavy atom. The maximum Gasteiger partial charge on any atom is 0.0765 e. The molecule has 0 aliphatic heterocycles. The Kier molecular flexibility index (Phi) is 3.56. The number of benzene rings is 1. The molecule has 0 radical (unpaired) electrons. The van der Waals surface area contributed by atoms with Gasteiger partial charge in [0.2, 0.25) is 0 Å². The van der Waals surface area contributed by atoms with Gasteiger partial charge in [-0.25, -0.2) is 0 Å². The highest BCUT2D eigenvalue weighted by atomic mass is 79.9. The van der Waals surface area contributed by atoms with E-state index in [0.29, 0.717) is 6.54 Å². The summed E-state index contributed by atoms with van der Waals surface area (Å²) in [6.45, 7) is 4.23. The van der Waals surface area contributed by atoms with Crippen molar-refractivity contribution in [3.8, 4) is 0 Å². The minimum absolute atomic E-state index is 0.615. The van der Waals surface area contributed by atoms with Crippen LogP contribution in [0.25, 0.3) is 0 Å². The van der Waals surface area contributed by atoms with Crippen molar-refractivity contribution in [1.29, 1.82) is 0 Å². The van der Waals surface area contributed by atoms with Gasteiger partial charge in [0.15, 0.2) is 0 Å². The van der Waals surface area contributed by atoms with E-state index >= 15 is 0 Å². The molecule has 2 nitrogen and oxygen atoms in total. The molecule has 3 heteroatoms. The molecule has 0 amide bonds. The van der Waals surface area contributed by atoms with Gasteiger partial charge in [-0.2, -0.15) is 0 Å². The van der Waals surface area contributed by atoms with Crippen LogP contribution in [0.15, 0.2) is 28.7 Å². The van der Waals surface area contributed by atoms with E-state index in [0.717, 1.165) is 10.2 Å². The zero-order valence-electron chi connectivity index (χ0n) is 8.79. The fourth-order valence-electron chi connectivity index (χ4n) is 1.39. The second kappa shape index (κ2) is 4.32. The van der Waals surface area contributed by atoms with Gasteiger partial charge in [0.25, 0.3) is 0 Å². The number of rotatable bonds is 3. The first-order valence-corrected chi connectivity index (χ1v) is 5.37. The highest BCUT2D eigenvalue weighted by Gasteiger charge is 2.15. The standard InChI is InChI=1S/C11H16BrNO/c1-11(2,14)8-13(3)10-6-4-5-9(12)7-10/h4-7,14H,8H2,1-3H3. The van der Waals surface area contributed by atoms with Gasteiger partial charge in [0.05, 0.1) is 5.60 Å². The summed E-state index contributed by atoms with van der Waals surface area (Å²) >= 11 is 3.42. The molecule has 0 saturated heterocycles. The number of hydrogen-bond acceptors (Lipinski definition) is 2. The minimum Gasteiger partial charge on any atom is -0.389 e. The first-order valence-electron chi connectivity index (χ1n) is 4.57. The fraction of sp³-hybridized carbons (Fsp3) is 0.455. The van der Waals surface area contributed by atoms with Gasteiger partial charge < -0.3 is 10.0 Å². The largest absolute Gasteiger partial charge is 0.389 e. The van der Waals surface area contributed by atoms with Crippen LogP contribution in [-0.4, -0.2) is 24.3 Å². The quantitative estimate of drug-likeness (QED) is 0.900. The van der Waals surface area contributed by atoms with Gasteiger partial charge in [0, 0.05) is 23.8 Å². The van der Waals surface area contributed by atoms with E-state index in [-0.39, 0.29) is 0 Å². The van der Waals surface area contributed by atoms with Gasteiger partial charge in [-0.15, -0.1) is 0 Å². The van der Waals surface area contributed by atoms with E-state index in [1.807, 2.05) is 50.1 Å². The SMILES string of the molecule is CN(CC(C)(C)O)c1cccc(Br)c1. The molecular weight excluding hydrogens is 242 g/mol. The van der Waals surface area contributed by atoms with Crippen molar-refractivity contribution in [2.45, 2.75) is 19.4 Å². The van der Waals surface area contributed by atoms with E-state index in [2.05, 4.69) is 15.9 Å². The molecule has 0 saturated carbocycles. The summed E-state index contributed by atoms with van der Waals surface area (Å²) in [6, 6.07) is 8.03. The van der Waals surface area contributed by atoms with Gasteiger partial charge in [-0.1, -0.05) is 22.0 Å². The Morgan fingerprint density at radius 3 is 2.57 bits per heavy atom. The lowest BCUT2D eigenvalue weighted by atomic mass is 10.1. The molecule has 0 aliphatic carbocycles. The first kappa shape index (κ1) is 11.5. The Hall–Kier alpha value is -0.540. The molecule has 0 aromatic heterocycles. The van der Waals surface area contributed by atoms with Crippen LogP contribution in [0.5, 0.6) is 0 Å². The van der Waals surface area contributed by atoms with Gasteiger partial charge in [-0.3, -0.25) is 0 Å². The van der Waals surface area contributed by atoms with Crippen LogP contribution in [0.3, 0.4) is 0 Å². The average Bonchev–Trinajstić information content (AvgIpc) is 2.01. The first-order chi connectivity index (χ1) is 6.38. The van der Waals surface area contributed by atoms with Crippen molar-refractivity contribution in [2.24, 2.45) is 0 Å². The van der Waals surface area contributed by atoms with Crippen LogP contribution < -0.4 is 4.90 Å². The number of hydrogen-bond donors (Lipinski definition) is 1. The molecule has 0 spiro atoms. The minimum atomic E-state index is -0.670. The third-order valence-corrected chi connectivity index (χ3v) is 2.37. The lowest BCUT2D eigenvalue weighted by Crippen LogP contribution is -2.36. The van der Waals surface area contributed by atoms with Gasteiger partial charge >= 0.3 is 0 Å². The highest BCUT2D eigenvalue weighted by molar-refractivity contribution is 9.10. The Bertz CT molecular complexity index is 306. The average molecular weight is 258 g/mol. The molecule has 0 aliphatic rings. The topological polar surface area (TPSA) is 23.5 Å². The molecule has 1 aromatic carbocycles. The molecule has 1 rings (SSSR count). The molecule has 1 aromatic rings. The maximum absolute atomic E-state index is 9.67. The van der Waals surface area contributed by atoms with E-state index < -0.39 is 5.60 Å². The predicted octanol–water partition coefficient (Wildman–Crippen LogP) is 2.66. The fourth-order valence-corrected chi connectivity index (χ4v) is 1.77. The van der Waals surface area contributed by atoms with E-state index in [1.165, 1.54) is 0 Å². The third-order valence-electron chi connectivity index (χ3n) is 1.87. The zero-order chi connectivity index (χ0) is 10.8. The molecule has 78 valence electrons. The van der Waals surface area contributed by atoms with Gasteiger partial charge in [-0.05, 0) is 32.0 Å². The second-order valence-corrected chi connectivity index (χ2v) is 5.06. The lowest BCUT2D eigenvalue weighted by Gasteiger charge is -2.27. The number of halogens is 1. The van der Waals surface area contributed by atoms with Crippen molar-refractivity contribution in [3.63, 3.8) is 0 Å². The number of nitrogens with zero attached hydrogens (tertiary/aromatic N) is 1. The number of anilines is 1. The lowest BCUT2D eigenvalue weighted by molar-refractivity contribution is 0.0886. The molecular formula is C11H16BrNO. The maximum atomic E-state index is 9.67. The molecule has 0 bridgehead atoms. The highest BCUT2D eigenvalue weighted by Crippen LogP contribution is 2.20. The summed E-state index contributed by atoms with van der Waals surface area (Å²) in [5, 5.41) is 9.67. The van der Waals surface area contributed by atoms with Crippen molar-refractivity contribution >= 4 is 21.6 Å². The Labute approximate surface area is 93.7 Å². The molecule has 0 fully saturated rings. The Balaban J connectivity index is 2.74. The van der Waals surface area contributed by atoms with Crippen molar-refractivity contribution in [3.05, 3.63) is 28.7 Å². The van der Waals surface area contributed by atoms with E-state index in [4.69, 9.17) is 0 Å². The summed E-state index contributed by atoms with van der Waals surface area (Å²) in [5.74, 6) is 0. The number of likely N-dealkylation sites (N-methyl/N-ethyl adjacent to an activating group) is 1. The molecule has 0 unspecified atom stereocenters.